The van der Waals surface area contributed by atoms with Gasteiger partial charge in [-0.2, -0.15) is 0 Å². The van der Waals surface area contributed by atoms with Crippen LogP contribution >= 0.6 is 0 Å². The maximum atomic E-state index is 2.70. The fourth-order valence-corrected chi connectivity index (χ4v) is 24.0. The molecule has 4 aliphatic rings. The first-order valence-corrected chi connectivity index (χ1v) is 19.3. The summed E-state index contributed by atoms with van der Waals surface area (Å²) in [5.74, 6) is 0. The number of rotatable bonds is 6. The summed E-state index contributed by atoms with van der Waals surface area (Å²) in [5, 5.41) is 5.77. The Morgan fingerprint density at radius 3 is 1.46 bits per heavy atom. The van der Waals surface area contributed by atoms with Crippen LogP contribution in [-0.4, -0.2) is 0 Å². The summed E-state index contributed by atoms with van der Waals surface area (Å²) in [6.45, 7) is 4.80. The van der Waals surface area contributed by atoms with Crippen LogP contribution in [0.3, 0.4) is 0 Å². The van der Waals surface area contributed by atoms with E-state index in [0.717, 1.165) is 16.9 Å². The Labute approximate surface area is 261 Å². The average molecular weight is 616 g/mol. The van der Waals surface area contributed by atoms with E-state index in [-0.39, 0.29) is 24.8 Å². The molecular formula is C38H40Cl2Ti. The van der Waals surface area contributed by atoms with Crippen LogP contribution in [0.5, 0.6) is 0 Å². The monoisotopic (exact) mass is 614 g/mol. The van der Waals surface area contributed by atoms with Gasteiger partial charge in [-0.3, -0.25) is 0 Å². The molecule has 1 saturated carbocycles. The van der Waals surface area contributed by atoms with Gasteiger partial charge in [-0.25, -0.2) is 0 Å². The molecule has 1 aliphatic heterocycles. The molecule has 4 atom stereocenters. The third-order valence-corrected chi connectivity index (χ3v) is 21.9. The molecular weight excluding hydrogens is 575 g/mol. The van der Waals surface area contributed by atoms with Gasteiger partial charge in [-0.1, -0.05) is 0 Å². The van der Waals surface area contributed by atoms with E-state index in [1.54, 1.807) is 22.3 Å². The Morgan fingerprint density at radius 2 is 1.02 bits per heavy atom. The molecule has 1 saturated heterocycles. The van der Waals surface area contributed by atoms with Crippen molar-refractivity contribution in [2.45, 2.75) is 82.1 Å². The smallest absolute Gasteiger partial charge is 1.00 e. The van der Waals surface area contributed by atoms with E-state index in [0.29, 0.717) is 0 Å². The number of hydrogen-bond acceptors (Lipinski definition) is 0. The second-order valence-corrected chi connectivity index (χ2v) is 20.1. The molecule has 0 amide bonds. The maximum Gasteiger partial charge on any atom is -1.00 e. The summed E-state index contributed by atoms with van der Waals surface area (Å²) in [5.41, 5.74) is 10.2. The van der Waals surface area contributed by atoms with E-state index >= 15 is 0 Å². The largest absolute Gasteiger partial charge is 1.00 e. The van der Waals surface area contributed by atoms with Gasteiger partial charge >= 0.3 is 239 Å². The first-order chi connectivity index (χ1) is 19.3. The first-order valence-electron chi connectivity index (χ1n) is 15.7. The van der Waals surface area contributed by atoms with Crippen LogP contribution in [0.4, 0.5) is 0 Å². The molecule has 2 fully saturated rings. The molecule has 0 bridgehead atoms. The SMILES string of the molecule is CCCC1=Cc2c(ccc3ccccc23)[CH]1[Ti+2]1([CH]2C(CCC)=Cc3c2ccc2ccccc32)[CH]2CCCC[CH]21.[Cl-].[Cl-]. The van der Waals surface area contributed by atoms with Gasteiger partial charge in [0.2, 0.25) is 0 Å². The van der Waals surface area contributed by atoms with E-state index in [1.807, 2.05) is 11.1 Å². The summed E-state index contributed by atoms with van der Waals surface area (Å²) < 4.78 is 3.54. The number of hydrogen-bond donors (Lipinski definition) is 0. The van der Waals surface area contributed by atoms with E-state index in [1.165, 1.54) is 72.9 Å². The van der Waals surface area contributed by atoms with Gasteiger partial charge in [0, 0.05) is 0 Å². The first kappa shape index (κ1) is 29.3. The Kier molecular flexibility index (Phi) is 8.10. The van der Waals surface area contributed by atoms with Crippen LogP contribution < -0.4 is 24.8 Å². The topological polar surface area (TPSA) is 0 Å². The molecule has 1 heterocycles. The quantitative estimate of drug-likeness (QED) is 0.252. The third kappa shape index (κ3) is 4.19. The predicted molar refractivity (Wildman–Crippen MR) is 165 cm³/mol. The number of benzene rings is 4. The van der Waals surface area contributed by atoms with Crippen molar-refractivity contribution in [1.29, 1.82) is 0 Å². The molecule has 0 radical (unpaired) electrons. The molecule has 8 rings (SSSR count). The van der Waals surface area contributed by atoms with Crippen molar-refractivity contribution in [2.75, 3.05) is 0 Å². The minimum atomic E-state index is -2.54. The molecule has 0 nitrogen and oxygen atoms in total. The molecule has 4 aromatic rings. The summed E-state index contributed by atoms with van der Waals surface area (Å²) in [6, 6.07) is 28.4. The standard InChI is InChI=1S/2C16H15.C6H10.2ClH.Ti/c2*1-2-5-12-10-14-9-8-13-6-3-4-7-15(13)16(14)11-12;1-2-4-6-5-3-1;;;/h2*3-4,6-11H,2,5H2,1H3;1-2H,3-6H2;2*1H;/q;;;;;+2/p-2. The molecule has 41 heavy (non-hydrogen) atoms. The van der Waals surface area contributed by atoms with Crippen molar-refractivity contribution >= 4 is 33.7 Å². The van der Waals surface area contributed by atoms with Gasteiger partial charge in [0.25, 0.3) is 0 Å². The average Bonchev–Trinajstić information content (AvgIpc) is 3.26. The van der Waals surface area contributed by atoms with Gasteiger partial charge in [0.15, 0.2) is 0 Å². The molecule has 210 valence electrons. The van der Waals surface area contributed by atoms with Crippen molar-refractivity contribution in [3.05, 3.63) is 106 Å². The van der Waals surface area contributed by atoms with Crippen molar-refractivity contribution in [1.82, 2.24) is 0 Å². The Bertz CT molecular complexity index is 1560. The molecule has 4 aromatic carbocycles. The molecule has 0 N–H and O–H groups in total. The zero-order chi connectivity index (χ0) is 26.1. The fourth-order valence-electron chi connectivity index (χ4n) is 9.82. The fraction of sp³-hybridized carbons (Fsp3) is 0.368. The number of allylic oxidation sites excluding steroid dienone is 2. The third-order valence-electron chi connectivity index (χ3n) is 11.1. The maximum absolute atomic E-state index is 2.70. The van der Waals surface area contributed by atoms with Crippen LogP contribution in [-0.2, 0) is 16.6 Å². The van der Waals surface area contributed by atoms with Crippen molar-refractivity contribution in [3.63, 3.8) is 0 Å². The summed E-state index contributed by atoms with van der Waals surface area (Å²) in [4.78, 5) is 0. The summed E-state index contributed by atoms with van der Waals surface area (Å²) in [7, 11) is 0. The second-order valence-electron chi connectivity index (χ2n) is 12.9. The molecule has 3 heteroatoms. The van der Waals surface area contributed by atoms with E-state index in [2.05, 4.69) is 98.8 Å². The van der Waals surface area contributed by atoms with Gasteiger partial charge < -0.3 is 24.8 Å². The van der Waals surface area contributed by atoms with Gasteiger partial charge in [0.05, 0.1) is 0 Å². The van der Waals surface area contributed by atoms with Crippen LogP contribution in [0.15, 0.2) is 83.9 Å². The van der Waals surface area contributed by atoms with Crippen molar-refractivity contribution < 1.29 is 41.4 Å². The molecule has 3 aliphatic carbocycles. The summed E-state index contributed by atoms with van der Waals surface area (Å²) >= 11 is -2.54. The van der Waals surface area contributed by atoms with Gasteiger partial charge in [-0.15, -0.1) is 0 Å². The van der Waals surface area contributed by atoms with Crippen molar-refractivity contribution in [2.24, 2.45) is 0 Å². The Balaban J connectivity index is 0.00000151. The number of halogens is 2. The van der Waals surface area contributed by atoms with Crippen LogP contribution in [0.25, 0.3) is 33.7 Å². The van der Waals surface area contributed by atoms with Crippen LogP contribution in [0, 0.1) is 0 Å². The number of fused-ring (bicyclic) bond motifs is 7. The minimum Gasteiger partial charge on any atom is -1.00 e. The van der Waals surface area contributed by atoms with E-state index < -0.39 is 16.6 Å². The Morgan fingerprint density at radius 1 is 0.585 bits per heavy atom. The summed E-state index contributed by atoms with van der Waals surface area (Å²) in [6.07, 6.45) is 16.4. The normalized spacial score (nSPS) is 25.7. The van der Waals surface area contributed by atoms with E-state index in [4.69, 9.17) is 0 Å². The van der Waals surface area contributed by atoms with Crippen LogP contribution in [0.1, 0.15) is 95.9 Å². The molecule has 0 spiro atoms. The zero-order valence-corrected chi connectivity index (χ0v) is 27.4. The Hall–Kier alpha value is -1.83. The second kappa shape index (κ2) is 11.4. The van der Waals surface area contributed by atoms with Crippen LogP contribution in [0.2, 0.25) is 8.45 Å². The van der Waals surface area contributed by atoms with Gasteiger partial charge in [0.1, 0.15) is 0 Å². The zero-order valence-electron chi connectivity index (χ0n) is 24.3. The molecule has 0 aromatic heterocycles. The van der Waals surface area contributed by atoms with E-state index in [9.17, 15) is 0 Å². The van der Waals surface area contributed by atoms with Crippen molar-refractivity contribution in [3.8, 4) is 0 Å². The van der Waals surface area contributed by atoms with Gasteiger partial charge in [-0.05, 0) is 0 Å². The molecule has 4 unspecified atom stereocenters. The minimum absolute atomic E-state index is 0. The predicted octanol–water partition coefficient (Wildman–Crippen LogP) is 5.50.